The number of nitrogens with zero attached hydrogens (tertiary/aromatic N) is 1. The van der Waals surface area contributed by atoms with Gasteiger partial charge in [0.05, 0.1) is 6.54 Å². The largest absolute Gasteiger partial charge is 0.401 e. The van der Waals surface area contributed by atoms with Crippen LogP contribution < -0.4 is 4.72 Å². The average Bonchev–Trinajstić information content (AvgIpc) is 2.32. The van der Waals surface area contributed by atoms with Crippen LogP contribution in [-0.4, -0.2) is 46.2 Å². The Morgan fingerprint density at radius 1 is 1.32 bits per heavy atom. The van der Waals surface area contributed by atoms with Crippen LogP contribution in [0.5, 0.6) is 0 Å². The molecule has 0 aliphatic carbocycles. The third-order valence-electron chi connectivity index (χ3n) is 2.64. The molecule has 1 rings (SSSR count). The standard InChI is InChI=1S/C12H15ClF4N2O2S/c1-19(8-12(15,16)17)6-2-5-18-22(20,21)11-4-3-9(13)7-10(11)14/h3-4,7,18H,2,5-6,8H2,1H3. The van der Waals surface area contributed by atoms with Crippen molar-refractivity contribution in [3.05, 3.63) is 29.0 Å². The average molecular weight is 363 g/mol. The molecular formula is C12H15ClF4N2O2S. The van der Waals surface area contributed by atoms with Crippen LogP contribution in [-0.2, 0) is 10.0 Å². The van der Waals surface area contributed by atoms with Crippen molar-refractivity contribution in [1.29, 1.82) is 0 Å². The van der Waals surface area contributed by atoms with Crippen molar-refractivity contribution in [2.45, 2.75) is 17.5 Å². The van der Waals surface area contributed by atoms with E-state index in [-0.39, 0.29) is 24.5 Å². The first-order chi connectivity index (χ1) is 10.0. The van der Waals surface area contributed by atoms with Crippen LogP contribution in [0.2, 0.25) is 5.02 Å². The van der Waals surface area contributed by atoms with Gasteiger partial charge in [0.2, 0.25) is 10.0 Å². The molecular weight excluding hydrogens is 348 g/mol. The van der Waals surface area contributed by atoms with E-state index in [2.05, 4.69) is 4.72 Å². The molecule has 22 heavy (non-hydrogen) atoms. The maximum Gasteiger partial charge on any atom is 0.401 e. The van der Waals surface area contributed by atoms with Crippen LogP contribution in [0.3, 0.4) is 0 Å². The van der Waals surface area contributed by atoms with Crippen molar-refractivity contribution in [2.75, 3.05) is 26.7 Å². The lowest BCUT2D eigenvalue weighted by atomic mass is 10.3. The first-order valence-electron chi connectivity index (χ1n) is 6.21. The van der Waals surface area contributed by atoms with Crippen LogP contribution >= 0.6 is 11.6 Å². The minimum absolute atomic E-state index is 0.0468. The van der Waals surface area contributed by atoms with E-state index in [1.807, 2.05) is 0 Å². The second-order valence-corrected chi connectivity index (χ2v) is 6.85. The van der Waals surface area contributed by atoms with E-state index in [4.69, 9.17) is 11.6 Å². The van der Waals surface area contributed by atoms with E-state index in [0.29, 0.717) is 0 Å². The van der Waals surface area contributed by atoms with E-state index < -0.39 is 33.5 Å². The quantitative estimate of drug-likeness (QED) is 0.599. The monoisotopic (exact) mass is 362 g/mol. The fraction of sp³-hybridized carbons (Fsp3) is 0.500. The molecule has 0 unspecified atom stereocenters. The molecule has 0 radical (unpaired) electrons. The second-order valence-electron chi connectivity index (χ2n) is 4.68. The Morgan fingerprint density at radius 3 is 2.50 bits per heavy atom. The summed E-state index contributed by atoms with van der Waals surface area (Å²) in [5, 5.41) is 0.0604. The van der Waals surface area contributed by atoms with E-state index in [1.165, 1.54) is 13.1 Å². The van der Waals surface area contributed by atoms with E-state index in [9.17, 15) is 26.0 Å². The van der Waals surface area contributed by atoms with Crippen molar-refractivity contribution in [2.24, 2.45) is 0 Å². The predicted molar refractivity (Wildman–Crippen MR) is 74.8 cm³/mol. The van der Waals surface area contributed by atoms with E-state index in [1.54, 1.807) is 0 Å². The number of benzene rings is 1. The van der Waals surface area contributed by atoms with Crippen molar-refractivity contribution >= 4 is 21.6 Å². The highest BCUT2D eigenvalue weighted by Crippen LogP contribution is 2.19. The highest BCUT2D eigenvalue weighted by Gasteiger charge is 2.28. The molecule has 1 aromatic carbocycles. The van der Waals surface area contributed by atoms with E-state index >= 15 is 0 Å². The number of hydrogen-bond acceptors (Lipinski definition) is 3. The molecule has 0 bridgehead atoms. The number of alkyl halides is 3. The SMILES string of the molecule is CN(CCCNS(=O)(=O)c1ccc(Cl)cc1F)CC(F)(F)F. The highest BCUT2D eigenvalue weighted by molar-refractivity contribution is 7.89. The normalized spacial score (nSPS) is 12.9. The third kappa shape index (κ3) is 6.47. The molecule has 0 amide bonds. The Hall–Kier alpha value is -0.900. The summed E-state index contributed by atoms with van der Waals surface area (Å²) in [4.78, 5) is 0.470. The molecule has 4 nitrogen and oxygen atoms in total. The Morgan fingerprint density at radius 2 is 1.95 bits per heavy atom. The molecule has 0 saturated carbocycles. The van der Waals surface area contributed by atoms with Gasteiger partial charge in [0, 0.05) is 11.6 Å². The molecule has 1 N–H and O–H groups in total. The van der Waals surface area contributed by atoms with Crippen LogP contribution in [0.25, 0.3) is 0 Å². The predicted octanol–water partition coefficient (Wildman–Crippen LogP) is 2.64. The molecule has 0 fully saturated rings. The lowest BCUT2D eigenvalue weighted by Crippen LogP contribution is -2.34. The number of nitrogens with one attached hydrogen (secondary N) is 1. The fourth-order valence-electron chi connectivity index (χ4n) is 1.71. The van der Waals surface area contributed by atoms with Crippen LogP contribution in [0.4, 0.5) is 17.6 Å². The number of halogens is 5. The van der Waals surface area contributed by atoms with Gasteiger partial charge in [-0.2, -0.15) is 13.2 Å². The van der Waals surface area contributed by atoms with Crippen LogP contribution in [0.1, 0.15) is 6.42 Å². The lowest BCUT2D eigenvalue weighted by molar-refractivity contribution is -0.143. The topological polar surface area (TPSA) is 49.4 Å². The van der Waals surface area contributed by atoms with Gasteiger partial charge in [-0.15, -0.1) is 0 Å². The zero-order valence-corrected chi connectivity index (χ0v) is 13.2. The molecule has 0 aliphatic heterocycles. The van der Waals surface area contributed by atoms with Crippen LogP contribution in [0, 0.1) is 5.82 Å². The minimum Gasteiger partial charge on any atom is -0.298 e. The summed E-state index contributed by atoms with van der Waals surface area (Å²) in [7, 11) is -2.79. The first kappa shape index (κ1) is 19.1. The van der Waals surface area contributed by atoms with Gasteiger partial charge in [-0.3, -0.25) is 4.90 Å². The van der Waals surface area contributed by atoms with Gasteiger partial charge in [-0.1, -0.05) is 11.6 Å². The smallest absolute Gasteiger partial charge is 0.298 e. The van der Waals surface area contributed by atoms with Crippen molar-refractivity contribution in [1.82, 2.24) is 9.62 Å². The van der Waals surface area contributed by atoms with Gasteiger partial charge < -0.3 is 0 Å². The Kier molecular flexibility index (Phi) is 6.60. The lowest BCUT2D eigenvalue weighted by Gasteiger charge is -2.18. The first-order valence-corrected chi connectivity index (χ1v) is 8.07. The number of hydrogen-bond donors (Lipinski definition) is 1. The Bertz CT molecular complexity index is 608. The van der Waals surface area contributed by atoms with Crippen molar-refractivity contribution in [3.8, 4) is 0 Å². The second kappa shape index (κ2) is 7.58. The van der Waals surface area contributed by atoms with Crippen molar-refractivity contribution in [3.63, 3.8) is 0 Å². The Balaban J connectivity index is 2.50. The maximum absolute atomic E-state index is 13.5. The summed E-state index contributed by atoms with van der Waals surface area (Å²) in [6.07, 6.45) is -4.15. The van der Waals surface area contributed by atoms with Crippen LogP contribution in [0.15, 0.2) is 23.1 Å². The summed E-state index contributed by atoms with van der Waals surface area (Å²) in [6.45, 7) is -1.14. The molecule has 1 aromatic rings. The summed E-state index contributed by atoms with van der Waals surface area (Å²) in [5.41, 5.74) is 0. The summed E-state index contributed by atoms with van der Waals surface area (Å²) in [6, 6.07) is 3.12. The highest BCUT2D eigenvalue weighted by atomic mass is 35.5. The fourth-order valence-corrected chi connectivity index (χ4v) is 3.00. The van der Waals surface area contributed by atoms with E-state index in [0.717, 1.165) is 17.0 Å². The molecule has 10 heteroatoms. The molecule has 0 atom stereocenters. The summed E-state index contributed by atoms with van der Waals surface area (Å²) >= 11 is 5.53. The number of rotatable bonds is 7. The molecule has 0 aliphatic rings. The molecule has 0 spiro atoms. The van der Waals surface area contributed by atoms with Gasteiger partial charge in [0.1, 0.15) is 10.7 Å². The molecule has 126 valence electrons. The number of sulfonamides is 1. The van der Waals surface area contributed by atoms with Gasteiger partial charge in [0.15, 0.2) is 0 Å². The van der Waals surface area contributed by atoms with Gasteiger partial charge in [-0.05, 0) is 38.2 Å². The molecule has 0 aromatic heterocycles. The van der Waals surface area contributed by atoms with Crippen molar-refractivity contribution < 1.29 is 26.0 Å². The zero-order chi connectivity index (χ0) is 17.0. The minimum atomic E-state index is -4.30. The van der Waals surface area contributed by atoms with Gasteiger partial charge in [-0.25, -0.2) is 17.5 Å². The van der Waals surface area contributed by atoms with Gasteiger partial charge in [0.25, 0.3) is 0 Å². The molecule has 0 heterocycles. The van der Waals surface area contributed by atoms with Gasteiger partial charge >= 0.3 is 6.18 Å². The summed E-state index contributed by atoms with van der Waals surface area (Å²) < 4.78 is 75.7. The zero-order valence-electron chi connectivity index (χ0n) is 11.6. The Labute approximate surface area is 131 Å². The summed E-state index contributed by atoms with van der Waals surface area (Å²) in [5.74, 6) is -0.991. The maximum atomic E-state index is 13.5. The third-order valence-corrected chi connectivity index (χ3v) is 4.37. The molecule has 0 saturated heterocycles.